The minimum atomic E-state index is -4.33. The first-order chi connectivity index (χ1) is 11.4. The Bertz CT molecular complexity index is 537. The second-order valence-corrected chi connectivity index (χ2v) is 6.55. The quantitative estimate of drug-likeness (QED) is 0.737. The molecule has 0 aromatic carbocycles. The molecule has 2 fully saturated rings. The van der Waals surface area contributed by atoms with Crippen molar-refractivity contribution in [3.63, 3.8) is 0 Å². The van der Waals surface area contributed by atoms with Gasteiger partial charge in [-0.25, -0.2) is 4.68 Å². The molecule has 2 aliphatic rings. The van der Waals surface area contributed by atoms with Gasteiger partial charge in [0.25, 0.3) is 0 Å². The summed E-state index contributed by atoms with van der Waals surface area (Å²) in [5.41, 5.74) is 0. The second kappa shape index (κ2) is 8.61. The van der Waals surface area contributed by atoms with E-state index in [-0.39, 0.29) is 30.4 Å². The van der Waals surface area contributed by atoms with Crippen LogP contribution in [0, 0.1) is 0 Å². The minimum Gasteiger partial charge on any atom is -0.380 e. The third kappa shape index (κ3) is 5.50. The van der Waals surface area contributed by atoms with Crippen LogP contribution in [-0.2, 0) is 17.8 Å². The van der Waals surface area contributed by atoms with Crippen molar-refractivity contribution in [2.24, 2.45) is 0 Å². The third-order valence-electron chi connectivity index (χ3n) is 4.77. The van der Waals surface area contributed by atoms with Gasteiger partial charge in [0.2, 0.25) is 0 Å². The number of likely N-dealkylation sites (tertiary alicyclic amines) is 2. The maximum absolute atomic E-state index is 12.6. The molecule has 25 heavy (non-hydrogen) atoms. The number of aromatic nitrogens is 4. The van der Waals surface area contributed by atoms with Crippen molar-refractivity contribution >= 4 is 12.4 Å². The molecule has 3 heterocycles. The Labute approximate surface area is 150 Å². The molecule has 2 saturated heterocycles. The topological polar surface area (TPSA) is 59.3 Å². The van der Waals surface area contributed by atoms with E-state index in [1.54, 1.807) is 7.11 Å². The van der Waals surface area contributed by atoms with E-state index in [1.165, 1.54) is 12.8 Å². The van der Waals surface area contributed by atoms with E-state index in [2.05, 4.69) is 25.3 Å². The highest BCUT2D eigenvalue weighted by Gasteiger charge is 2.36. The molecule has 11 heteroatoms. The van der Waals surface area contributed by atoms with Crippen LogP contribution in [0.5, 0.6) is 0 Å². The summed E-state index contributed by atoms with van der Waals surface area (Å²) < 4.78 is 44.2. The van der Waals surface area contributed by atoms with E-state index in [1.807, 2.05) is 0 Å². The number of rotatable bonds is 6. The maximum atomic E-state index is 12.6. The Hall–Kier alpha value is -0.970. The molecule has 0 aliphatic carbocycles. The Balaban J connectivity index is 0.00000225. The lowest BCUT2D eigenvalue weighted by Crippen LogP contribution is -2.39. The van der Waals surface area contributed by atoms with Crippen LogP contribution < -0.4 is 0 Å². The highest BCUT2D eigenvalue weighted by Crippen LogP contribution is 2.24. The fourth-order valence-electron chi connectivity index (χ4n) is 3.57. The zero-order valence-corrected chi connectivity index (χ0v) is 15.0. The molecule has 0 N–H and O–H groups in total. The molecule has 1 aromatic rings. The van der Waals surface area contributed by atoms with Crippen LogP contribution >= 0.6 is 12.4 Å². The average Bonchev–Trinajstić information content (AvgIpc) is 3.22. The second-order valence-electron chi connectivity index (χ2n) is 6.55. The van der Waals surface area contributed by atoms with Gasteiger partial charge in [-0.2, -0.15) is 13.2 Å². The monoisotopic (exact) mass is 384 g/mol. The van der Waals surface area contributed by atoms with Crippen LogP contribution in [0.15, 0.2) is 0 Å². The van der Waals surface area contributed by atoms with E-state index in [0.29, 0.717) is 13.1 Å². The largest absolute Gasteiger partial charge is 0.408 e. The molecule has 2 aliphatic heterocycles. The predicted octanol–water partition coefficient (Wildman–Crippen LogP) is 1.34. The van der Waals surface area contributed by atoms with Gasteiger partial charge in [-0.3, -0.25) is 4.90 Å². The fourth-order valence-corrected chi connectivity index (χ4v) is 3.57. The number of methoxy groups -OCH3 is 1. The van der Waals surface area contributed by atoms with E-state index in [4.69, 9.17) is 4.74 Å². The molecule has 0 spiro atoms. The molecule has 0 saturated carbocycles. The van der Waals surface area contributed by atoms with Gasteiger partial charge in [-0.1, -0.05) is 0 Å². The van der Waals surface area contributed by atoms with E-state index < -0.39 is 12.7 Å². The van der Waals surface area contributed by atoms with Gasteiger partial charge < -0.3 is 9.64 Å². The summed E-state index contributed by atoms with van der Waals surface area (Å²) in [6.07, 6.45) is -0.925. The zero-order valence-electron chi connectivity index (χ0n) is 14.2. The number of alkyl halides is 3. The van der Waals surface area contributed by atoms with Crippen molar-refractivity contribution in [2.75, 3.05) is 33.3 Å². The number of halogens is 4. The van der Waals surface area contributed by atoms with Crippen LogP contribution in [0.1, 0.15) is 25.1 Å². The molecule has 1 aromatic heterocycles. The molecule has 0 amide bonds. The molecule has 7 nitrogen and oxygen atoms in total. The van der Waals surface area contributed by atoms with Gasteiger partial charge in [0.1, 0.15) is 6.54 Å². The molecule has 0 unspecified atom stereocenters. The van der Waals surface area contributed by atoms with Crippen LogP contribution in [0.4, 0.5) is 13.2 Å². The molecular formula is C14H24ClF3N6O. The van der Waals surface area contributed by atoms with Gasteiger partial charge in [0, 0.05) is 26.2 Å². The molecular weight excluding hydrogens is 361 g/mol. The Kier molecular flexibility index (Phi) is 7.01. The first-order valence-corrected chi connectivity index (χ1v) is 8.25. The van der Waals surface area contributed by atoms with Gasteiger partial charge >= 0.3 is 6.18 Å². The molecule has 3 rings (SSSR count). The van der Waals surface area contributed by atoms with Crippen molar-refractivity contribution in [1.29, 1.82) is 0 Å². The number of nitrogens with zero attached hydrogens (tertiary/aromatic N) is 6. The van der Waals surface area contributed by atoms with Crippen molar-refractivity contribution in [1.82, 2.24) is 30.0 Å². The van der Waals surface area contributed by atoms with E-state index in [9.17, 15) is 13.2 Å². The summed E-state index contributed by atoms with van der Waals surface area (Å²) in [4.78, 5) is 4.56. The van der Waals surface area contributed by atoms with Gasteiger partial charge in [0.15, 0.2) is 5.82 Å². The van der Waals surface area contributed by atoms with Crippen molar-refractivity contribution in [3.05, 3.63) is 5.82 Å². The number of tetrazole rings is 1. The van der Waals surface area contributed by atoms with Crippen LogP contribution in [0.3, 0.4) is 0 Å². The standard InChI is InChI=1S/C14H23F3N6O.ClH/c1-24-12-6-11(7-21-4-2-3-5-21)22(8-12)9-13-18-19-20-23(13)10-14(15,16)17;/h11-12H,2-10H2,1H3;1H/t11-,12-;/m0./s1. The lowest BCUT2D eigenvalue weighted by Gasteiger charge is -2.27. The smallest absolute Gasteiger partial charge is 0.380 e. The van der Waals surface area contributed by atoms with Crippen molar-refractivity contribution < 1.29 is 17.9 Å². The summed E-state index contributed by atoms with van der Waals surface area (Å²) in [6, 6.07) is 0.254. The molecule has 0 radical (unpaired) electrons. The lowest BCUT2D eigenvalue weighted by molar-refractivity contribution is -0.143. The maximum Gasteiger partial charge on any atom is 0.408 e. The number of hydrogen-bond donors (Lipinski definition) is 0. The minimum absolute atomic E-state index is 0. The fraction of sp³-hybridized carbons (Fsp3) is 0.929. The molecule has 0 bridgehead atoms. The van der Waals surface area contributed by atoms with Crippen LogP contribution in [-0.4, -0.2) is 81.6 Å². The highest BCUT2D eigenvalue weighted by molar-refractivity contribution is 5.85. The average molecular weight is 385 g/mol. The summed E-state index contributed by atoms with van der Waals surface area (Å²) in [5.74, 6) is 0.246. The van der Waals surface area contributed by atoms with E-state index in [0.717, 1.165) is 30.7 Å². The van der Waals surface area contributed by atoms with Crippen molar-refractivity contribution in [3.8, 4) is 0 Å². The normalized spacial score (nSPS) is 25.4. The SMILES string of the molecule is CO[C@H]1C[C@@H](CN2CCCC2)N(Cc2nnnn2CC(F)(F)F)C1.Cl. The van der Waals surface area contributed by atoms with Crippen LogP contribution in [0.2, 0.25) is 0 Å². The highest BCUT2D eigenvalue weighted by atomic mass is 35.5. The number of ether oxygens (including phenoxy) is 1. The molecule has 2 atom stereocenters. The van der Waals surface area contributed by atoms with Crippen molar-refractivity contribution in [2.45, 2.75) is 50.7 Å². The Morgan fingerprint density at radius 1 is 1.24 bits per heavy atom. The lowest BCUT2D eigenvalue weighted by atomic mass is 10.2. The first-order valence-electron chi connectivity index (χ1n) is 8.25. The summed E-state index contributed by atoms with van der Waals surface area (Å²) >= 11 is 0. The predicted molar refractivity (Wildman–Crippen MR) is 86.4 cm³/mol. The summed E-state index contributed by atoms with van der Waals surface area (Å²) in [6.45, 7) is 2.94. The zero-order chi connectivity index (χ0) is 17.2. The number of hydrogen-bond acceptors (Lipinski definition) is 6. The third-order valence-corrected chi connectivity index (χ3v) is 4.77. The van der Waals surface area contributed by atoms with Gasteiger partial charge in [0.05, 0.1) is 12.6 Å². The Morgan fingerprint density at radius 3 is 2.60 bits per heavy atom. The summed E-state index contributed by atoms with van der Waals surface area (Å²) in [7, 11) is 1.68. The molecule has 144 valence electrons. The summed E-state index contributed by atoms with van der Waals surface area (Å²) in [5, 5.41) is 10.7. The first kappa shape index (κ1) is 20.3. The van der Waals surface area contributed by atoms with E-state index >= 15 is 0 Å². The van der Waals surface area contributed by atoms with Gasteiger partial charge in [-0.05, 0) is 42.8 Å². The Morgan fingerprint density at radius 2 is 1.96 bits per heavy atom. The van der Waals surface area contributed by atoms with Crippen LogP contribution in [0.25, 0.3) is 0 Å². The van der Waals surface area contributed by atoms with Gasteiger partial charge in [-0.15, -0.1) is 17.5 Å².